The van der Waals surface area contributed by atoms with Gasteiger partial charge in [-0.15, -0.1) is 0 Å². The van der Waals surface area contributed by atoms with E-state index in [4.69, 9.17) is 18.9 Å². The molecule has 0 aromatic heterocycles. The molecule has 37 heavy (non-hydrogen) atoms. The molecule has 2 fully saturated rings. The van der Waals surface area contributed by atoms with Gasteiger partial charge in [0.2, 0.25) is 0 Å². The van der Waals surface area contributed by atoms with Gasteiger partial charge in [0.15, 0.2) is 0 Å². The maximum Gasteiger partial charge on any atom is 0.126 e. The van der Waals surface area contributed by atoms with E-state index in [1.807, 2.05) is 0 Å². The molecule has 2 atom stereocenters. The van der Waals surface area contributed by atoms with E-state index in [2.05, 4.69) is 79.7 Å². The maximum absolute atomic E-state index is 6.42. The second-order valence-electron chi connectivity index (χ2n) is 12.2. The Hall–Kier alpha value is -2.04. The van der Waals surface area contributed by atoms with Crippen molar-refractivity contribution in [3.05, 3.63) is 57.6 Å². The minimum Gasteiger partial charge on any atom is -0.493 e. The highest BCUT2D eigenvalue weighted by Crippen LogP contribution is 2.39. The smallest absolute Gasteiger partial charge is 0.126 e. The topological polar surface area (TPSA) is 43.5 Å². The van der Waals surface area contributed by atoms with Crippen LogP contribution < -0.4 is 9.47 Å². The van der Waals surface area contributed by atoms with Gasteiger partial charge in [0.1, 0.15) is 11.5 Å². The van der Waals surface area contributed by atoms with E-state index in [1.165, 1.54) is 33.4 Å². The molecule has 2 aromatic carbocycles. The van der Waals surface area contributed by atoms with Gasteiger partial charge in [0, 0.05) is 12.8 Å². The normalized spacial score (nSPS) is 18.8. The first-order chi connectivity index (χ1) is 17.6. The highest BCUT2D eigenvalue weighted by atomic mass is 16.6. The van der Waals surface area contributed by atoms with Crippen LogP contribution in [0, 0.1) is 0 Å². The Kier molecular flexibility index (Phi) is 9.24. The van der Waals surface area contributed by atoms with Crippen molar-refractivity contribution in [3.8, 4) is 11.5 Å². The summed E-state index contributed by atoms with van der Waals surface area (Å²) in [6, 6.07) is 9.51. The monoisotopic (exact) mass is 508 g/mol. The van der Waals surface area contributed by atoms with Gasteiger partial charge in [0.05, 0.1) is 38.6 Å². The summed E-state index contributed by atoms with van der Waals surface area (Å²) < 4.78 is 23.6. The molecule has 2 heterocycles. The Bertz CT molecular complexity index is 903. The third-order valence-electron chi connectivity index (χ3n) is 7.49. The van der Waals surface area contributed by atoms with Gasteiger partial charge in [-0.2, -0.15) is 0 Å². The molecule has 0 spiro atoms. The molecule has 4 rings (SSSR count). The summed E-state index contributed by atoms with van der Waals surface area (Å²) in [7, 11) is 0. The molecular formula is C33H48O4. The predicted molar refractivity (Wildman–Crippen MR) is 152 cm³/mol. The van der Waals surface area contributed by atoms with Crippen molar-refractivity contribution >= 4 is 0 Å². The zero-order valence-electron chi connectivity index (χ0n) is 24.4. The summed E-state index contributed by atoms with van der Waals surface area (Å²) in [5.41, 5.74) is 7.96. The van der Waals surface area contributed by atoms with E-state index in [9.17, 15) is 0 Å². The molecular weight excluding hydrogens is 460 g/mol. The molecule has 0 saturated carbocycles. The van der Waals surface area contributed by atoms with Crippen molar-refractivity contribution in [2.75, 3.05) is 26.4 Å². The van der Waals surface area contributed by atoms with Crippen molar-refractivity contribution in [2.24, 2.45) is 0 Å². The summed E-state index contributed by atoms with van der Waals surface area (Å²) in [5.74, 6) is 3.76. The lowest BCUT2D eigenvalue weighted by Crippen LogP contribution is -2.10. The maximum atomic E-state index is 6.42. The van der Waals surface area contributed by atoms with Gasteiger partial charge in [-0.25, -0.2) is 0 Å². The molecule has 0 amide bonds. The zero-order chi connectivity index (χ0) is 26.7. The van der Waals surface area contributed by atoms with E-state index in [-0.39, 0.29) is 0 Å². The number of epoxide rings is 2. The molecule has 2 saturated heterocycles. The lowest BCUT2D eigenvalue weighted by atomic mass is 9.87. The summed E-state index contributed by atoms with van der Waals surface area (Å²) in [4.78, 5) is 0. The standard InChI is InChI=1S/C33H48O4/c1-20(2)28-14-24(15-29(21(3)4)32(28)34-11-9-26-18-36-26)13-25-16-30(22(5)6)33(31(17-25)23(7)8)35-12-10-27-19-37-27/h14-17,20-23,26-27H,9-13,18-19H2,1-8H3. The SMILES string of the molecule is CC(C)c1cc(Cc2cc(C(C)C)c(OCCC3CO3)c(C(C)C)c2)cc(C(C)C)c1OCCC1CO1. The van der Waals surface area contributed by atoms with Gasteiger partial charge in [0.25, 0.3) is 0 Å². The minimum atomic E-state index is 0.392. The molecule has 0 bridgehead atoms. The first-order valence-corrected chi connectivity index (χ1v) is 14.5. The van der Waals surface area contributed by atoms with Crippen LogP contribution in [0.5, 0.6) is 11.5 Å². The van der Waals surface area contributed by atoms with Gasteiger partial charge < -0.3 is 18.9 Å². The van der Waals surface area contributed by atoms with Crippen molar-refractivity contribution in [1.82, 2.24) is 0 Å². The van der Waals surface area contributed by atoms with E-state index in [1.54, 1.807) is 0 Å². The molecule has 2 aromatic rings. The Morgan fingerprint density at radius 2 is 0.892 bits per heavy atom. The van der Waals surface area contributed by atoms with Crippen LogP contribution in [0.4, 0.5) is 0 Å². The molecule has 0 aliphatic carbocycles. The second-order valence-corrected chi connectivity index (χ2v) is 12.2. The fourth-order valence-corrected chi connectivity index (χ4v) is 5.02. The summed E-state index contributed by atoms with van der Waals surface area (Å²) in [5, 5.41) is 0. The van der Waals surface area contributed by atoms with Gasteiger partial charge >= 0.3 is 0 Å². The quantitative estimate of drug-likeness (QED) is 0.242. The lowest BCUT2D eigenvalue weighted by Gasteiger charge is -2.23. The molecule has 0 radical (unpaired) electrons. The number of rotatable bonds is 14. The van der Waals surface area contributed by atoms with E-state index in [0.29, 0.717) is 49.1 Å². The second kappa shape index (κ2) is 12.2. The van der Waals surface area contributed by atoms with E-state index in [0.717, 1.165) is 44.0 Å². The van der Waals surface area contributed by atoms with Crippen molar-refractivity contribution in [2.45, 2.75) is 111 Å². The molecule has 0 N–H and O–H groups in total. The predicted octanol–water partition coefficient (Wildman–Crippen LogP) is 8.11. The average Bonchev–Trinajstić information content (AvgIpc) is 3.75. The zero-order valence-corrected chi connectivity index (χ0v) is 24.4. The average molecular weight is 509 g/mol. The number of hydrogen-bond acceptors (Lipinski definition) is 4. The van der Waals surface area contributed by atoms with Gasteiger partial charge in [-0.05, 0) is 63.5 Å². The van der Waals surface area contributed by atoms with Crippen molar-refractivity contribution < 1.29 is 18.9 Å². The van der Waals surface area contributed by atoms with Crippen LogP contribution in [0.2, 0.25) is 0 Å². The van der Waals surface area contributed by atoms with Crippen molar-refractivity contribution in [1.29, 1.82) is 0 Å². The Labute approximate surface area is 225 Å². The van der Waals surface area contributed by atoms with E-state index < -0.39 is 0 Å². The molecule has 2 aliphatic rings. The van der Waals surface area contributed by atoms with Crippen LogP contribution in [0.3, 0.4) is 0 Å². The van der Waals surface area contributed by atoms with Crippen LogP contribution >= 0.6 is 0 Å². The first kappa shape index (κ1) is 28.0. The van der Waals surface area contributed by atoms with Gasteiger partial charge in [-0.3, -0.25) is 0 Å². The Morgan fingerprint density at radius 1 is 0.595 bits per heavy atom. The largest absolute Gasteiger partial charge is 0.493 e. The fourth-order valence-electron chi connectivity index (χ4n) is 5.02. The third kappa shape index (κ3) is 7.51. The van der Waals surface area contributed by atoms with E-state index >= 15 is 0 Å². The summed E-state index contributed by atoms with van der Waals surface area (Å²) in [6.07, 6.45) is 3.63. The number of ether oxygens (including phenoxy) is 4. The molecule has 2 aliphatic heterocycles. The molecule has 2 unspecified atom stereocenters. The van der Waals surface area contributed by atoms with Gasteiger partial charge in [-0.1, -0.05) is 79.7 Å². The van der Waals surface area contributed by atoms with Crippen LogP contribution in [0.15, 0.2) is 24.3 Å². The molecule has 4 nitrogen and oxygen atoms in total. The van der Waals surface area contributed by atoms with Crippen LogP contribution in [-0.2, 0) is 15.9 Å². The Balaban J connectivity index is 1.64. The fraction of sp³-hybridized carbons (Fsp3) is 0.636. The third-order valence-corrected chi connectivity index (χ3v) is 7.49. The highest BCUT2D eigenvalue weighted by Gasteiger charge is 2.25. The summed E-state index contributed by atoms with van der Waals surface area (Å²) in [6.45, 7) is 21.4. The molecule has 4 heteroatoms. The van der Waals surface area contributed by atoms with Crippen LogP contribution in [-0.4, -0.2) is 38.6 Å². The van der Waals surface area contributed by atoms with Crippen LogP contribution in [0.1, 0.15) is 125 Å². The Morgan fingerprint density at radius 3 is 1.14 bits per heavy atom. The summed E-state index contributed by atoms with van der Waals surface area (Å²) >= 11 is 0. The minimum absolute atomic E-state index is 0.392. The van der Waals surface area contributed by atoms with Crippen molar-refractivity contribution in [3.63, 3.8) is 0 Å². The number of hydrogen-bond donors (Lipinski definition) is 0. The molecule has 204 valence electrons. The highest BCUT2D eigenvalue weighted by molar-refractivity contribution is 5.52. The first-order valence-electron chi connectivity index (χ1n) is 14.5. The number of benzene rings is 2. The lowest BCUT2D eigenvalue weighted by molar-refractivity contribution is 0.277. The van der Waals surface area contributed by atoms with Crippen LogP contribution in [0.25, 0.3) is 0 Å².